The molecule has 0 atom stereocenters. The third-order valence-corrected chi connectivity index (χ3v) is 5.46. The van der Waals surface area contributed by atoms with Gasteiger partial charge in [-0.3, -0.25) is 25.7 Å². The zero-order chi connectivity index (χ0) is 20.1. The molecule has 0 aliphatic heterocycles. The highest BCUT2D eigenvalue weighted by Gasteiger charge is 2.27. The summed E-state index contributed by atoms with van der Waals surface area (Å²) in [6.45, 7) is 0. The Morgan fingerprint density at radius 1 is 1.14 bits per heavy atom. The van der Waals surface area contributed by atoms with E-state index in [4.69, 9.17) is 4.74 Å². The van der Waals surface area contributed by atoms with Crippen LogP contribution in [0.4, 0.5) is 17.1 Å². The maximum absolute atomic E-state index is 11.3. The van der Waals surface area contributed by atoms with Crippen LogP contribution in [0.1, 0.15) is 44.9 Å². The maximum Gasteiger partial charge on any atom is 0.301 e. The molecule has 0 saturated heterocycles. The van der Waals surface area contributed by atoms with E-state index in [1.165, 1.54) is 17.7 Å². The van der Waals surface area contributed by atoms with Crippen molar-refractivity contribution in [3.8, 4) is 0 Å². The second kappa shape index (κ2) is 8.92. The number of hydrogen-bond donors (Lipinski definition) is 1. The van der Waals surface area contributed by atoms with Gasteiger partial charge in [0.05, 0.1) is 27.7 Å². The van der Waals surface area contributed by atoms with Crippen molar-refractivity contribution >= 4 is 22.8 Å². The van der Waals surface area contributed by atoms with Gasteiger partial charge in [-0.15, -0.1) is 0 Å². The quantitative estimate of drug-likeness (QED) is 0.562. The predicted molar refractivity (Wildman–Crippen MR) is 105 cm³/mol. The molecule has 2 aliphatic rings. The minimum absolute atomic E-state index is 0.149. The summed E-state index contributed by atoms with van der Waals surface area (Å²) >= 11 is 0. The lowest BCUT2D eigenvalue weighted by Gasteiger charge is -2.31. The standard InChI is InChI=1S/C19H24N4O5/c1-28-15-9-6-13(7-10-15)16-4-2-3-5-17(16)20-21-18-11-8-14(22(24)25)12-19(18)23(26)27/h4,8,11-13,15,21H,2-3,5-7,9-10H2,1H3/b20-17+. The second-order valence-corrected chi connectivity index (χ2v) is 7.15. The molecule has 0 aromatic heterocycles. The van der Waals surface area contributed by atoms with Crippen LogP contribution < -0.4 is 5.43 Å². The van der Waals surface area contributed by atoms with E-state index < -0.39 is 9.85 Å². The van der Waals surface area contributed by atoms with Crippen LogP contribution in [0.2, 0.25) is 0 Å². The first-order valence-corrected chi connectivity index (χ1v) is 9.48. The third-order valence-electron chi connectivity index (χ3n) is 5.46. The number of anilines is 1. The Hall–Kier alpha value is -2.81. The van der Waals surface area contributed by atoms with Crippen molar-refractivity contribution in [2.24, 2.45) is 11.0 Å². The number of non-ortho nitro benzene ring substituents is 1. The molecule has 0 spiro atoms. The minimum atomic E-state index is -0.652. The monoisotopic (exact) mass is 388 g/mol. The van der Waals surface area contributed by atoms with Gasteiger partial charge in [-0.25, -0.2) is 0 Å². The molecule has 28 heavy (non-hydrogen) atoms. The number of nitrogens with zero attached hydrogens (tertiary/aromatic N) is 3. The fraction of sp³-hybridized carbons (Fsp3) is 0.526. The summed E-state index contributed by atoms with van der Waals surface area (Å²) in [7, 11) is 1.75. The summed E-state index contributed by atoms with van der Waals surface area (Å²) < 4.78 is 5.45. The molecule has 0 unspecified atom stereocenters. The van der Waals surface area contributed by atoms with Crippen molar-refractivity contribution in [3.05, 3.63) is 50.1 Å². The Bertz CT molecular complexity index is 813. The highest BCUT2D eigenvalue weighted by atomic mass is 16.6. The van der Waals surface area contributed by atoms with Crippen molar-refractivity contribution < 1.29 is 14.6 Å². The molecule has 0 amide bonds. The molecule has 150 valence electrons. The Morgan fingerprint density at radius 2 is 1.89 bits per heavy atom. The topological polar surface area (TPSA) is 120 Å². The lowest BCUT2D eigenvalue weighted by Crippen LogP contribution is -2.25. The van der Waals surface area contributed by atoms with Gasteiger partial charge in [-0.05, 0) is 62.5 Å². The molecule has 1 saturated carbocycles. The number of allylic oxidation sites excluding steroid dienone is 2. The van der Waals surface area contributed by atoms with Gasteiger partial charge >= 0.3 is 5.69 Å². The van der Waals surface area contributed by atoms with Crippen LogP contribution in [0.3, 0.4) is 0 Å². The average Bonchev–Trinajstić information content (AvgIpc) is 2.72. The van der Waals surface area contributed by atoms with Crippen molar-refractivity contribution in [3.63, 3.8) is 0 Å². The van der Waals surface area contributed by atoms with E-state index in [2.05, 4.69) is 16.6 Å². The van der Waals surface area contributed by atoms with Gasteiger partial charge < -0.3 is 4.74 Å². The van der Waals surface area contributed by atoms with Crippen LogP contribution in [-0.2, 0) is 4.74 Å². The van der Waals surface area contributed by atoms with Gasteiger partial charge in [0.2, 0.25) is 0 Å². The van der Waals surface area contributed by atoms with E-state index in [1.54, 1.807) is 7.11 Å². The molecule has 2 aliphatic carbocycles. The van der Waals surface area contributed by atoms with Gasteiger partial charge in [0, 0.05) is 13.2 Å². The van der Waals surface area contributed by atoms with Crippen LogP contribution in [0.5, 0.6) is 0 Å². The van der Waals surface area contributed by atoms with Crippen LogP contribution in [0.15, 0.2) is 34.9 Å². The number of hydrogen-bond acceptors (Lipinski definition) is 7. The van der Waals surface area contributed by atoms with E-state index in [-0.39, 0.29) is 17.1 Å². The summed E-state index contributed by atoms with van der Waals surface area (Å²) in [6.07, 6.45) is 9.48. The molecule has 9 nitrogen and oxygen atoms in total. The number of methoxy groups -OCH3 is 1. The number of nitro groups is 2. The highest BCUT2D eigenvalue weighted by molar-refractivity contribution is 6.01. The minimum Gasteiger partial charge on any atom is -0.381 e. The zero-order valence-electron chi connectivity index (χ0n) is 15.8. The third kappa shape index (κ3) is 4.53. The largest absolute Gasteiger partial charge is 0.381 e. The smallest absolute Gasteiger partial charge is 0.301 e. The molecule has 3 rings (SSSR count). The van der Waals surface area contributed by atoms with Gasteiger partial charge in [-0.2, -0.15) is 5.10 Å². The Morgan fingerprint density at radius 3 is 2.54 bits per heavy atom. The number of nitrogens with one attached hydrogen (secondary N) is 1. The summed E-state index contributed by atoms with van der Waals surface area (Å²) in [5.41, 5.74) is 4.38. The summed E-state index contributed by atoms with van der Waals surface area (Å²) in [6, 6.07) is 3.52. The van der Waals surface area contributed by atoms with E-state index in [1.807, 2.05) is 0 Å². The molecule has 9 heteroatoms. The summed E-state index contributed by atoms with van der Waals surface area (Å²) in [5.74, 6) is 0.430. The highest BCUT2D eigenvalue weighted by Crippen LogP contribution is 2.35. The van der Waals surface area contributed by atoms with Crippen molar-refractivity contribution in [2.75, 3.05) is 12.5 Å². The van der Waals surface area contributed by atoms with E-state index >= 15 is 0 Å². The molecular formula is C19H24N4O5. The van der Waals surface area contributed by atoms with E-state index in [0.29, 0.717) is 12.0 Å². The van der Waals surface area contributed by atoms with E-state index in [9.17, 15) is 20.2 Å². The van der Waals surface area contributed by atoms with Crippen LogP contribution in [-0.4, -0.2) is 28.8 Å². The van der Waals surface area contributed by atoms with Crippen LogP contribution in [0.25, 0.3) is 0 Å². The van der Waals surface area contributed by atoms with Crippen molar-refractivity contribution in [1.82, 2.24) is 0 Å². The van der Waals surface area contributed by atoms with Gasteiger partial charge in [-0.1, -0.05) is 6.08 Å². The van der Waals surface area contributed by atoms with E-state index in [0.717, 1.165) is 56.7 Å². The Kier molecular flexibility index (Phi) is 6.35. The Labute approximate surface area is 162 Å². The lowest BCUT2D eigenvalue weighted by atomic mass is 9.78. The van der Waals surface area contributed by atoms with Gasteiger partial charge in [0.15, 0.2) is 0 Å². The number of rotatable bonds is 6. The molecular weight excluding hydrogens is 364 g/mol. The molecule has 0 radical (unpaired) electrons. The SMILES string of the molecule is COC1CCC(C2=CCCC/C2=N\Nc2ccc([N+](=O)[O-])cc2[N+](=O)[O-])CC1. The molecule has 1 fully saturated rings. The maximum atomic E-state index is 11.3. The molecule has 1 aromatic carbocycles. The first-order chi connectivity index (χ1) is 13.5. The fourth-order valence-corrected chi connectivity index (χ4v) is 3.93. The normalized spacial score (nSPS) is 23.9. The summed E-state index contributed by atoms with van der Waals surface area (Å²) in [5, 5.41) is 26.6. The van der Waals surface area contributed by atoms with Crippen LogP contribution in [0, 0.1) is 26.1 Å². The zero-order valence-corrected chi connectivity index (χ0v) is 15.8. The number of benzene rings is 1. The first kappa shape index (κ1) is 19.9. The first-order valence-electron chi connectivity index (χ1n) is 9.48. The molecule has 0 heterocycles. The summed E-state index contributed by atoms with van der Waals surface area (Å²) in [4.78, 5) is 20.9. The number of ether oxygens (including phenoxy) is 1. The molecule has 1 N–H and O–H groups in total. The van der Waals surface area contributed by atoms with Crippen molar-refractivity contribution in [1.29, 1.82) is 0 Å². The second-order valence-electron chi connectivity index (χ2n) is 7.15. The van der Waals surface area contributed by atoms with Crippen LogP contribution >= 0.6 is 0 Å². The van der Waals surface area contributed by atoms with Gasteiger partial charge in [0.1, 0.15) is 5.69 Å². The fourth-order valence-electron chi connectivity index (χ4n) is 3.93. The predicted octanol–water partition coefficient (Wildman–Crippen LogP) is 4.59. The number of nitro benzene ring substituents is 2. The average molecular weight is 388 g/mol. The van der Waals surface area contributed by atoms with Gasteiger partial charge in [0.25, 0.3) is 5.69 Å². The Balaban J connectivity index is 1.79. The lowest BCUT2D eigenvalue weighted by molar-refractivity contribution is -0.393. The molecule has 1 aromatic rings. The van der Waals surface area contributed by atoms with Crippen molar-refractivity contribution in [2.45, 2.75) is 51.0 Å². The molecule has 0 bridgehead atoms. The number of hydrazone groups is 1.